The number of anilines is 1. The third-order valence-corrected chi connectivity index (χ3v) is 3.60. The monoisotopic (exact) mass is 294 g/mol. The van der Waals surface area contributed by atoms with Gasteiger partial charge in [-0.05, 0) is 26.7 Å². The van der Waals surface area contributed by atoms with Crippen LogP contribution in [0.25, 0.3) is 0 Å². The predicted octanol–water partition coefficient (Wildman–Crippen LogP) is 2.70. The Balaban J connectivity index is 1.92. The second-order valence-corrected chi connectivity index (χ2v) is 7.34. The van der Waals surface area contributed by atoms with Crippen LogP contribution in [-0.2, 0) is 18.5 Å². The van der Waals surface area contributed by atoms with E-state index in [1.165, 1.54) is 0 Å². The Hall–Kier alpha value is -1.50. The average molecular weight is 294 g/mol. The second kappa shape index (κ2) is 5.87. The van der Waals surface area contributed by atoms with Crippen LogP contribution >= 0.6 is 11.3 Å². The van der Waals surface area contributed by atoms with Crippen LogP contribution in [0.5, 0.6) is 0 Å². The van der Waals surface area contributed by atoms with Crippen molar-refractivity contribution in [2.24, 2.45) is 5.92 Å². The fourth-order valence-electron chi connectivity index (χ4n) is 1.63. The molecule has 1 N–H and O–H groups in total. The Morgan fingerprint density at radius 2 is 2.00 bits per heavy atom. The van der Waals surface area contributed by atoms with Crippen molar-refractivity contribution in [2.45, 2.75) is 53.1 Å². The quantitative estimate of drug-likeness (QED) is 0.918. The summed E-state index contributed by atoms with van der Waals surface area (Å²) in [6, 6.07) is 0. The molecule has 0 aliphatic carbocycles. The molecular formula is C13H22N6S. The second-order valence-electron chi connectivity index (χ2n) is 6.28. The largest absolute Gasteiger partial charge is 0.354 e. The molecule has 0 saturated heterocycles. The first-order valence-electron chi connectivity index (χ1n) is 6.82. The molecule has 20 heavy (non-hydrogen) atoms. The Morgan fingerprint density at radius 3 is 2.60 bits per heavy atom. The van der Waals surface area contributed by atoms with Gasteiger partial charge in [-0.1, -0.05) is 30.4 Å². The van der Waals surface area contributed by atoms with Crippen LogP contribution in [0.4, 0.5) is 5.13 Å². The number of hydrogen-bond donors (Lipinski definition) is 1. The molecule has 0 fully saturated rings. The molecule has 0 aliphatic rings. The van der Waals surface area contributed by atoms with Crippen molar-refractivity contribution in [3.63, 3.8) is 0 Å². The number of hydrogen-bond acceptors (Lipinski definition) is 6. The molecular weight excluding hydrogens is 272 g/mol. The van der Waals surface area contributed by atoms with Crippen molar-refractivity contribution < 1.29 is 0 Å². The molecule has 0 bridgehead atoms. The zero-order valence-corrected chi connectivity index (χ0v) is 13.5. The van der Waals surface area contributed by atoms with E-state index in [1.54, 1.807) is 11.3 Å². The maximum absolute atomic E-state index is 4.18. The highest BCUT2D eigenvalue weighted by Crippen LogP contribution is 2.19. The van der Waals surface area contributed by atoms with Crippen molar-refractivity contribution in [2.75, 3.05) is 5.32 Å². The molecule has 0 unspecified atom stereocenters. The van der Waals surface area contributed by atoms with E-state index < -0.39 is 0 Å². The van der Waals surface area contributed by atoms with Gasteiger partial charge in [0.15, 0.2) is 0 Å². The molecule has 0 atom stereocenters. The standard InChI is InChI=1S/C13H22N6S/c1-9(2)6-11-16-17-12(20-11)14-7-10-8-19(18-15-10)13(3,4)5/h8-9H,6-7H2,1-5H3,(H,14,17). The lowest BCUT2D eigenvalue weighted by atomic mass is 10.1. The van der Waals surface area contributed by atoms with Crippen LogP contribution in [0, 0.1) is 5.92 Å². The third kappa shape index (κ3) is 4.00. The van der Waals surface area contributed by atoms with Gasteiger partial charge in [0, 0.05) is 6.42 Å². The molecule has 7 heteroatoms. The van der Waals surface area contributed by atoms with Crippen molar-refractivity contribution in [1.82, 2.24) is 25.2 Å². The van der Waals surface area contributed by atoms with Crippen LogP contribution in [-0.4, -0.2) is 25.2 Å². The first-order valence-corrected chi connectivity index (χ1v) is 7.64. The lowest BCUT2D eigenvalue weighted by Gasteiger charge is -2.17. The number of nitrogens with one attached hydrogen (secondary N) is 1. The summed E-state index contributed by atoms with van der Waals surface area (Å²) in [7, 11) is 0. The van der Waals surface area contributed by atoms with Gasteiger partial charge in [-0.3, -0.25) is 0 Å². The van der Waals surface area contributed by atoms with E-state index in [1.807, 2.05) is 10.9 Å². The van der Waals surface area contributed by atoms with Gasteiger partial charge in [0.05, 0.1) is 18.3 Å². The first kappa shape index (κ1) is 14.9. The van der Waals surface area contributed by atoms with E-state index in [-0.39, 0.29) is 5.54 Å². The fraction of sp³-hybridized carbons (Fsp3) is 0.692. The van der Waals surface area contributed by atoms with Gasteiger partial charge in [-0.15, -0.1) is 15.3 Å². The maximum Gasteiger partial charge on any atom is 0.205 e. The molecule has 0 saturated carbocycles. The zero-order chi connectivity index (χ0) is 14.8. The topological polar surface area (TPSA) is 68.5 Å². The Labute approximate surface area is 123 Å². The summed E-state index contributed by atoms with van der Waals surface area (Å²) in [6.45, 7) is 11.3. The molecule has 0 aliphatic heterocycles. The van der Waals surface area contributed by atoms with Gasteiger partial charge in [-0.25, -0.2) is 4.68 Å². The van der Waals surface area contributed by atoms with E-state index in [0.29, 0.717) is 12.5 Å². The average Bonchev–Trinajstić information content (AvgIpc) is 2.93. The van der Waals surface area contributed by atoms with Crippen molar-refractivity contribution in [1.29, 1.82) is 0 Å². The SMILES string of the molecule is CC(C)Cc1nnc(NCc2cn(C(C)(C)C)nn2)s1. The molecule has 0 spiro atoms. The number of aromatic nitrogens is 5. The normalized spacial score (nSPS) is 12.1. The summed E-state index contributed by atoms with van der Waals surface area (Å²) in [5.74, 6) is 0.600. The predicted molar refractivity (Wildman–Crippen MR) is 80.8 cm³/mol. The summed E-state index contributed by atoms with van der Waals surface area (Å²) < 4.78 is 1.87. The molecule has 110 valence electrons. The summed E-state index contributed by atoms with van der Waals surface area (Å²) in [5.41, 5.74) is 0.860. The summed E-state index contributed by atoms with van der Waals surface area (Å²) in [5, 5.41) is 21.8. The minimum Gasteiger partial charge on any atom is -0.354 e. The summed E-state index contributed by atoms with van der Waals surface area (Å²) in [6.07, 6.45) is 2.93. The molecule has 6 nitrogen and oxygen atoms in total. The highest BCUT2D eigenvalue weighted by molar-refractivity contribution is 7.15. The Morgan fingerprint density at radius 1 is 1.25 bits per heavy atom. The fourth-order valence-corrected chi connectivity index (χ4v) is 2.58. The van der Waals surface area contributed by atoms with E-state index in [0.717, 1.165) is 22.3 Å². The van der Waals surface area contributed by atoms with Crippen LogP contribution in [0.1, 0.15) is 45.3 Å². The first-order chi connectivity index (χ1) is 9.34. The van der Waals surface area contributed by atoms with Crippen LogP contribution < -0.4 is 5.32 Å². The van der Waals surface area contributed by atoms with Crippen molar-refractivity contribution in [3.05, 3.63) is 16.9 Å². The number of rotatable bonds is 5. The van der Waals surface area contributed by atoms with E-state index in [2.05, 4.69) is 60.4 Å². The summed E-state index contributed by atoms with van der Waals surface area (Å²) in [4.78, 5) is 0. The third-order valence-electron chi connectivity index (χ3n) is 2.70. The van der Waals surface area contributed by atoms with Gasteiger partial charge >= 0.3 is 0 Å². The minimum absolute atomic E-state index is 0.0432. The maximum atomic E-state index is 4.18. The van der Waals surface area contributed by atoms with Crippen LogP contribution in [0.3, 0.4) is 0 Å². The lowest BCUT2D eigenvalue weighted by Crippen LogP contribution is -2.22. The van der Waals surface area contributed by atoms with E-state index in [9.17, 15) is 0 Å². The molecule has 0 amide bonds. The highest BCUT2D eigenvalue weighted by atomic mass is 32.1. The molecule has 0 aromatic carbocycles. The van der Waals surface area contributed by atoms with E-state index >= 15 is 0 Å². The van der Waals surface area contributed by atoms with Crippen LogP contribution in [0.2, 0.25) is 0 Å². The van der Waals surface area contributed by atoms with Gasteiger partial charge in [0.2, 0.25) is 5.13 Å². The number of nitrogens with zero attached hydrogens (tertiary/aromatic N) is 5. The van der Waals surface area contributed by atoms with Gasteiger partial charge < -0.3 is 5.32 Å². The molecule has 2 rings (SSSR count). The van der Waals surface area contributed by atoms with Gasteiger partial charge in [0.25, 0.3) is 0 Å². The van der Waals surface area contributed by atoms with Gasteiger partial charge in [-0.2, -0.15) is 0 Å². The molecule has 2 aromatic heterocycles. The Bertz CT molecular complexity index is 551. The van der Waals surface area contributed by atoms with Crippen LogP contribution in [0.15, 0.2) is 6.20 Å². The highest BCUT2D eigenvalue weighted by Gasteiger charge is 2.15. The Kier molecular flexibility index (Phi) is 4.37. The van der Waals surface area contributed by atoms with E-state index in [4.69, 9.17) is 0 Å². The molecule has 2 heterocycles. The minimum atomic E-state index is -0.0432. The lowest BCUT2D eigenvalue weighted by molar-refractivity contribution is 0.347. The van der Waals surface area contributed by atoms with Crippen molar-refractivity contribution >= 4 is 16.5 Å². The van der Waals surface area contributed by atoms with Crippen molar-refractivity contribution in [3.8, 4) is 0 Å². The zero-order valence-electron chi connectivity index (χ0n) is 12.7. The smallest absolute Gasteiger partial charge is 0.205 e. The molecule has 2 aromatic rings. The molecule has 0 radical (unpaired) electrons. The van der Waals surface area contributed by atoms with Gasteiger partial charge in [0.1, 0.15) is 10.7 Å². The summed E-state index contributed by atoms with van der Waals surface area (Å²) >= 11 is 1.60.